The summed E-state index contributed by atoms with van der Waals surface area (Å²) in [6.45, 7) is 2.84. The van der Waals surface area contributed by atoms with Crippen LogP contribution in [0.5, 0.6) is 0 Å². The molecule has 0 aliphatic rings. The molecule has 0 spiro atoms. The average molecular weight is 409 g/mol. The van der Waals surface area contributed by atoms with E-state index in [1.165, 1.54) is 15.5 Å². The van der Waals surface area contributed by atoms with Crippen LogP contribution in [-0.4, -0.2) is 10.5 Å². The molecule has 0 radical (unpaired) electrons. The van der Waals surface area contributed by atoms with Gasteiger partial charge in [-0.15, -0.1) is 0 Å². The van der Waals surface area contributed by atoms with Crippen LogP contribution in [0, 0.1) is 0 Å². The number of aryl methyl sites for hydroxylation is 1. The lowest BCUT2D eigenvalue weighted by Crippen LogP contribution is -2.15. The van der Waals surface area contributed by atoms with E-state index in [9.17, 15) is 4.79 Å². The van der Waals surface area contributed by atoms with E-state index >= 15 is 0 Å². The van der Waals surface area contributed by atoms with E-state index in [0.29, 0.717) is 5.56 Å². The van der Waals surface area contributed by atoms with Crippen LogP contribution in [0.3, 0.4) is 0 Å². The lowest BCUT2D eigenvalue weighted by Gasteiger charge is -2.03. The molecule has 1 aromatic heterocycles. The predicted octanol–water partition coefficient (Wildman–Crippen LogP) is 6.28. The van der Waals surface area contributed by atoms with Crippen molar-refractivity contribution in [3.05, 3.63) is 101 Å². The second-order valence-electron chi connectivity index (χ2n) is 7.12. The van der Waals surface area contributed by atoms with Crippen LogP contribution in [-0.2, 0) is 6.54 Å². The molecular formula is C26H20N2OS. The number of thiazole rings is 1. The Hall–Kier alpha value is -3.50. The minimum atomic E-state index is -0.215. The molecule has 0 aliphatic heterocycles. The molecule has 0 fully saturated rings. The molecule has 146 valence electrons. The van der Waals surface area contributed by atoms with Crippen molar-refractivity contribution in [1.82, 2.24) is 4.57 Å². The molecule has 0 saturated carbocycles. The van der Waals surface area contributed by atoms with Crippen LogP contribution in [0.1, 0.15) is 17.3 Å². The van der Waals surface area contributed by atoms with Crippen molar-refractivity contribution in [3.63, 3.8) is 0 Å². The zero-order valence-corrected chi connectivity index (χ0v) is 17.4. The molecule has 0 saturated heterocycles. The van der Waals surface area contributed by atoms with Gasteiger partial charge in [0.2, 0.25) is 0 Å². The molecule has 4 aromatic carbocycles. The predicted molar refractivity (Wildman–Crippen MR) is 125 cm³/mol. The number of rotatable bonds is 3. The van der Waals surface area contributed by atoms with Crippen LogP contribution in [0.2, 0.25) is 0 Å². The van der Waals surface area contributed by atoms with Gasteiger partial charge in [0.15, 0.2) is 4.80 Å². The molecule has 4 heteroatoms. The third-order valence-electron chi connectivity index (χ3n) is 5.33. The highest BCUT2D eigenvalue weighted by Crippen LogP contribution is 2.27. The fourth-order valence-corrected chi connectivity index (χ4v) is 5.00. The first kappa shape index (κ1) is 18.5. The SMILES string of the molecule is CCn1c(=NC(=O)c2ccc(-c3ccccc3)cc2)sc2c3ccccc3ccc21. The van der Waals surface area contributed by atoms with E-state index in [1.807, 2.05) is 54.6 Å². The first-order valence-corrected chi connectivity index (χ1v) is 10.8. The van der Waals surface area contributed by atoms with E-state index in [0.717, 1.165) is 28.0 Å². The van der Waals surface area contributed by atoms with E-state index < -0.39 is 0 Å². The average Bonchev–Trinajstić information content (AvgIpc) is 3.17. The highest BCUT2D eigenvalue weighted by molar-refractivity contribution is 7.17. The van der Waals surface area contributed by atoms with Gasteiger partial charge in [-0.05, 0) is 41.6 Å². The lowest BCUT2D eigenvalue weighted by molar-refractivity contribution is 0.0998. The molecule has 0 aliphatic carbocycles. The zero-order valence-electron chi connectivity index (χ0n) is 16.6. The van der Waals surface area contributed by atoms with Crippen molar-refractivity contribution in [1.29, 1.82) is 0 Å². The quantitative estimate of drug-likeness (QED) is 0.346. The minimum absolute atomic E-state index is 0.215. The third kappa shape index (κ3) is 3.25. The number of carbonyl (C=O) groups is 1. The third-order valence-corrected chi connectivity index (χ3v) is 6.45. The largest absolute Gasteiger partial charge is 0.317 e. The van der Waals surface area contributed by atoms with E-state index in [4.69, 9.17) is 0 Å². The second kappa shape index (κ2) is 7.73. The number of carbonyl (C=O) groups excluding carboxylic acids is 1. The van der Waals surface area contributed by atoms with E-state index in [2.05, 4.69) is 52.9 Å². The van der Waals surface area contributed by atoms with Gasteiger partial charge in [0.25, 0.3) is 5.91 Å². The molecule has 0 bridgehead atoms. The monoisotopic (exact) mass is 408 g/mol. The van der Waals surface area contributed by atoms with Crippen molar-refractivity contribution >= 4 is 38.2 Å². The number of hydrogen-bond donors (Lipinski definition) is 0. The Morgan fingerprint density at radius 2 is 1.53 bits per heavy atom. The Bertz CT molecular complexity index is 1430. The molecule has 1 heterocycles. The molecule has 0 atom stereocenters. The van der Waals surface area contributed by atoms with Gasteiger partial charge in [0.05, 0.1) is 10.2 Å². The van der Waals surface area contributed by atoms with E-state index in [1.54, 1.807) is 11.3 Å². The van der Waals surface area contributed by atoms with Gasteiger partial charge in [0.1, 0.15) is 0 Å². The standard InChI is InChI=1S/C26H20N2OS/c1-2-28-23-17-16-20-10-6-7-11-22(20)24(23)30-26(28)27-25(29)21-14-12-19(13-15-21)18-8-4-3-5-9-18/h3-17H,2H2,1H3. The molecule has 30 heavy (non-hydrogen) atoms. The summed E-state index contributed by atoms with van der Waals surface area (Å²) >= 11 is 1.58. The van der Waals surface area contributed by atoms with Gasteiger partial charge in [-0.25, -0.2) is 0 Å². The molecular weight excluding hydrogens is 388 g/mol. The first-order valence-electron chi connectivity index (χ1n) is 10.0. The van der Waals surface area contributed by atoms with Gasteiger partial charge in [0, 0.05) is 17.5 Å². The summed E-state index contributed by atoms with van der Waals surface area (Å²) in [6.07, 6.45) is 0. The molecule has 5 rings (SSSR count). The topological polar surface area (TPSA) is 34.4 Å². The van der Waals surface area contributed by atoms with Gasteiger partial charge < -0.3 is 4.57 Å². The lowest BCUT2D eigenvalue weighted by atomic mass is 10.0. The van der Waals surface area contributed by atoms with Crippen molar-refractivity contribution < 1.29 is 4.79 Å². The van der Waals surface area contributed by atoms with Crippen LogP contribution in [0.25, 0.3) is 32.1 Å². The number of hydrogen-bond acceptors (Lipinski definition) is 2. The summed E-state index contributed by atoms with van der Waals surface area (Å²) in [7, 11) is 0. The summed E-state index contributed by atoms with van der Waals surface area (Å²) in [5.41, 5.74) is 3.93. The Labute approximate surface area is 178 Å². The van der Waals surface area contributed by atoms with Crippen LogP contribution in [0.4, 0.5) is 0 Å². The molecule has 1 amide bonds. The highest BCUT2D eigenvalue weighted by atomic mass is 32.1. The van der Waals surface area contributed by atoms with Crippen molar-refractivity contribution in [2.24, 2.45) is 4.99 Å². The Kier molecular flexibility index (Phi) is 4.77. The Balaban J connectivity index is 1.57. The van der Waals surface area contributed by atoms with Crippen LogP contribution in [0.15, 0.2) is 96.0 Å². The summed E-state index contributed by atoms with van der Waals surface area (Å²) in [5, 5.41) is 2.40. The zero-order chi connectivity index (χ0) is 20.5. The summed E-state index contributed by atoms with van der Waals surface area (Å²) in [5.74, 6) is -0.215. The van der Waals surface area contributed by atoms with Crippen molar-refractivity contribution in [2.45, 2.75) is 13.5 Å². The normalized spacial score (nSPS) is 12.0. The highest BCUT2D eigenvalue weighted by Gasteiger charge is 2.11. The Morgan fingerprint density at radius 3 is 2.30 bits per heavy atom. The number of aromatic nitrogens is 1. The maximum absolute atomic E-state index is 12.9. The summed E-state index contributed by atoms with van der Waals surface area (Å²) < 4.78 is 3.28. The summed E-state index contributed by atoms with van der Waals surface area (Å²) in [4.78, 5) is 18.1. The number of nitrogens with zero attached hydrogens (tertiary/aromatic N) is 2. The number of benzene rings is 4. The second-order valence-corrected chi connectivity index (χ2v) is 8.10. The molecule has 0 unspecified atom stereocenters. The van der Waals surface area contributed by atoms with E-state index in [-0.39, 0.29) is 5.91 Å². The van der Waals surface area contributed by atoms with Gasteiger partial charge >= 0.3 is 0 Å². The minimum Gasteiger partial charge on any atom is -0.317 e. The molecule has 0 N–H and O–H groups in total. The number of amides is 1. The maximum atomic E-state index is 12.9. The molecule has 3 nitrogen and oxygen atoms in total. The fourth-order valence-electron chi connectivity index (χ4n) is 3.78. The van der Waals surface area contributed by atoms with Crippen LogP contribution < -0.4 is 4.80 Å². The van der Waals surface area contributed by atoms with Crippen molar-refractivity contribution in [3.8, 4) is 11.1 Å². The fraction of sp³-hybridized carbons (Fsp3) is 0.0769. The first-order chi connectivity index (χ1) is 14.7. The van der Waals surface area contributed by atoms with Gasteiger partial charge in [-0.1, -0.05) is 84.1 Å². The van der Waals surface area contributed by atoms with Gasteiger partial charge in [-0.2, -0.15) is 4.99 Å². The van der Waals surface area contributed by atoms with Crippen LogP contribution >= 0.6 is 11.3 Å². The van der Waals surface area contributed by atoms with Crippen molar-refractivity contribution in [2.75, 3.05) is 0 Å². The Morgan fingerprint density at radius 1 is 0.833 bits per heavy atom. The number of fused-ring (bicyclic) bond motifs is 3. The summed E-state index contributed by atoms with van der Waals surface area (Å²) in [6, 6.07) is 30.4. The molecule has 5 aromatic rings. The maximum Gasteiger partial charge on any atom is 0.279 e. The smallest absolute Gasteiger partial charge is 0.279 e. The van der Waals surface area contributed by atoms with Gasteiger partial charge in [-0.3, -0.25) is 4.79 Å².